The van der Waals surface area contributed by atoms with Crippen LogP contribution in [0.5, 0.6) is 0 Å². The molecule has 0 spiro atoms. The third-order valence-electron chi connectivity index (χ3n) is 3.66. The summed E-state index contributed by atoms with van der Waals surface area (Å²) in [6.45, 7) is 6.11. The van der Waals surface area contributed by atoms with Gasteiger partial charge in [-0.25, -0.2) is 9.48 Å². The van der Waals surface area contributed by atoms with E-state index in [2.05, 4.69) is 15.6 Å². The molecule has 1 unspecified atom stereocenters. The van der Waals surface area contributed by atoms with E-state index in [4.69, 9.17) is 0 Å². The average Bonchev–Trinajstić information content (AvgIpc) is 2.83. The molecule has 1 heterocycles. The molecule has 0 radical (unpaired) electrons. The van der Waals surface area contributed by atoms with Crippen LogP contribution in [0.2, 0.25) is 0 Å². The van der Waals surface area contributed by atoms with Crippen molar-refractivity contribution in [1.82, 2.24) is 20.3 Å². The van der Waals surface area contributed by atoms with E-state index in [-0.39, 0.29) is 5.41 Å². The smallest absolute Gasteiger partial charge is 0.326 e. The average molecular weight is 318 g/mol. The maximum Gasteiger partial charge on any atom is 0.326 e. The lowest BCUT2D eigenvalue weighted by atomic mass is 9.88. The van der Waals surface area contributed by atoms with Gasteiger partial charge in [0.1, 0.15) is 11.6 Å². The molecule has 124 valence electrons. The van der Waals surface area contributed by atoms with Gasteiger partial charge >= 0.3 is 5.97 Å². The maximum atomic E-state index is 12.3. The fourth-order valence-corrected chi connectivity index (χ4v) is 2.26. The molecule has 2 rings (SSSR count). The molecule has 0 aliphatic heterocycles. The van der Waals surface area contributed by atoms with Crippen molar-refractivity contribution in [3.8, 4) is 0 Å². The number of carbonyl (C=O) groups is 2. The number of carbonyl (C=O) groups excluding carboxylic acids is 1. The normalized spacial score (nSPS) is 13.0. The van der Waals surface area contributed by atoms with Crippen LogP contribution >= 0.6 is 0 Å². The van der Waals surface area contributed by atoms with Crippen molar-refractivity contribution in [1.29, 1.82) is 0 Å². The number of hydrogen-bond acceptors (Lipinski definition) is 4. The third kappa shape index (κ3) is 4.28. The van der Waals surface area contributed by atoms with Crippen LogP contribution in [0.15, 0.2) is 18.2 Å². The second-order valence-electron chi connectivity index (χ2n) is 6.88. The molecule has 1 aromatic carbocycles. The highest BCUT2D eigenvalue weighted by Crippen LogP contribution is 2.22. The number of benzene rings is 1. The molecule has 1 aromatic heterocycles. The van der Waals surface area contributed by atoms with E-state index in [0.717, 1.165) is 5.52 Å². The minimum atomic E-state index is -1.02. The van der Waals surface area contributed by atoms with Crippen LogP contribution in [0.25, 0.3) is 11.0 Å². The van der Waals surface area contributed by atoms with E-state index in [1.807, 2.05) is 20.8 Å². The van der Waals surface area contributed by atoms with Crippen molar-refractivity contribution in [3.63, 3.8) is 0 Å². The molecule has 2 aromatic rings. The second kappa shape index (κ2) is 6.36. The monoisotopic (exact) mass is 318 g/mol. The van der Waals surface area contributed by atoms with E-state index >= 15 is 0 Å². The molecule has 23 heavy (non-hydrogen) atoms. The van der Waals surface area contributed by atoms with Crippen molar-refractivity contribution < 1.29 is 14.7 Å². The molecule has 2 N–H and O–H groups in total. The lowest BCUT2D eigenvalue weighted by Crippen LogP contribution is -2.41. The first-order valence-electron chi connectivity index (χ1n) is 7.50. The SMILES string of the molecule is Cn1nnc2cc(C(=O)NC(CCC(C)(C)C)C(=O)O)ccc21. The summed E-state index contributed by atoms with van der Waals surface area (Å²) in [6, 6.07) is 4.10. The molecule has 0 saturated carbocycles. The largest absolute Gasteiger partial charge is 0.480 e. The molecule has 0 saturated heterocycles. The van der Waals surface area contributed by atoms with Crippen LogP contribution < -0.4 is 5.32 Å². The predicted molar refractivity (Wildman–Crippen MR) is 86.1 cm³/mol. The standard InChI is InChI=1S/C16H22N4O3/c1-16(2,3)8-7-11(15(22)23)17-14(21)10-5-6-13-12(9-10)18-19-20(13)4/h5-6,9,11H,7-8H2,1-4H3,(H,17,21)(H,22,23). The highest BCUT2D eigenvalue weighted by Gasteiger charge is 2.23. The predicted octanol–water partition coefficient (Wildman–Crippen LogP) is 1.98. The van der Waals surface area contributed by atoms with Gasteiger partial charge in [0.25, 0.3) is 5.91 Å². The Hall–Kier alpha value is -2.44. The summed E-state index contributed by atoms with van der Waals surface area (Å²) in [7, 11) is 1.77. The Labute approximate surface area is 134 Å². The van der Waals surface area contributed by atoms with Gasteiger partial charge in [0.2, 0.25) is 0 Å². The number of carboxylic acid groups (broad SMARTS) is 1. The summed E-state index contributed by atoms with van der Waals surface area (Å²) < 4.78 is 1.61. The maximum absolute atomic E-state index is 12.3. The third-order valence-corrected chi connectivity index (χ3v) is 3.66. The quantitative estimate of drug-likeness (QED) is 0.878. The van der Waals surface area contributed by atoms with Crippen molar-refractivity contribution in [2.75, 3.05) is 0 Å². The summed E-state index contributed by atoms with van der Waals surface area (Å²) in [5, 5.41) is 19.7. The Morgan fingerprint density at radius 1 is 1.35 bits per heavy atom. The van der Waals surface area contributed by atoms with Gasteiger partial charge in [-0.05, 0) is 36.5 Å². The number of aromatic nitrogens is 3. The lowest BCUT2D eigenvalue weighted by Gasteiger charge is -2.21. The van der Waals surface area contributed by atoms with E-state index in [0.29, 0.717) is 23.9 Å². The molecule has 1 atom stereocenters. The topological polar surface area (TPSA) is 97.1 Å². The minimum absolute atomic E-state index is 0.0109. The molecule has 7 heteroatoms. The zero-order valence-electron chi connectivity index (χ0n) is 13.8. The van der Waals surface area contributed by atoms with Gasteiger partial charge in [-0.3, -0.25) is 4.79 Å². The van der Waals surface area contributed by atoms with Gasteiger partial charge in [0, 0.05) is 12.6 Å². The van der Waals surface area contributed by atoms with Gasteiger partial charge < -0.3 is 10.4 Å². The fraction of sp³-hybridized carbons (Fsp3) is 0.500. The number of aryl methyl sites for hydroxylation is 1. The zero-order chi connectivity index (χ0) is 17.2. The molecule has 0 aliphatic carbocycles. The van der Waals surface area contributed by atoms with Crippen molar-refractivity contribution in [3.05, 3.63) is 23.8 Å². The molecule has 1 amide bonds. The summed E-state index contributed by atoms with van der Waals surface area (Å²) in [5.74, 6) is -1.44. The van der Waals surface area contributed by atoms with Crippen LogP contribution in [-0.2, 0) is 11.8 Å². The van der Waals surface area contributed by atoms with Gasteiger partial charge in [0.15, 0.2) is 0 Å². The zero-order valence-corrected chi connectivity index (χ0v) is 13.8. The van der Waals surface area contributed by atoms with E-state index in [9.17, 15) is 14.7 Å². The van der Waals surface area contributed by atoms with Gasteiger partial charge in [-0.15, -0.1) is 5.10 Å². The van der Waals surface area contributed by atoms with E-state index < -0.39 is 17.9 Å². The number of aliphatic carboxylic acids is 1. The number of hydrogen-bond donors (Lipinski definition) is 2. The van der Waals surface area contributed by atoms with Crippen LogP contribution in [-0.4, -0.2) is 38.0 Å². The van der Waals surface area contributed by atoms with Crippen molar-refractivity contribution >= 4 is 22.9 Å². The minimum Gasteiger partial charge on any atom is -0.480 e. The summed E-state index contributed by atoms with van der Waals surface area (Å²) in [6.07, 6.45) is 1.09. The number of amides is 1. The second-order valence-corrected chi connectivity index (χ2v) is 6.88. The van der Waals surface area contributed by atoms with Crippen LogP contribution in [0.4, 0.5) is 0 Å². The number of nitrogens with one attached hydrogen (secondary N) is 1. The fourth-order valence-electron chi connectivity index (χ4n) is 2.26. The van der Waals surface area contributed by atoms with Crippen LogP contribution in [0, 0.1) is 5.41 Å². The Kier molecular flexibility index (Phi) is 4.68. The Morgan fingerprint density at radius 3 is 2.65 bits per heavy atom. The van der Waals surface area contributed by atoms with Crippen molar-refractivity contribution in [2.45, 2.75) is 39.7 Å². The van der Waals surface area contributed by atoms with Crippen LogP contribution in [0.1, 0.15) is 44.0 Å². The molecule has 0 fully saturated rings. The Morgan fingerprint density at radius 2 is 2.04 bits per heavy atom. The summed E-state index contributed by atoms with van der Waals surface area (Å²) >= 11 is 0. The highest BCUT2D eigenvalue weighted by molar-refractivity contribution is 5.99. The van der Waals surface area contributed by atoms with Gasteiger partial charge in [-0.1, -0.05) is 26.0 Å². The molecular weight excluding hydrogens is 296 g/mol. The van der Waals surface area contributed by atoms with Crippen molar-refractivity contribution in [2.24, 2.45) is 12.5 Å². The van der Waals surface area contributed by atoms with Crippen LogP contribution in [0.3, 0.4) is 0 Å². The van der Waals surface area contributed by atoms with E-state index in [1.54, 1.807) is 29.9 Å². The number of rotatable bonds is 5. The number of fused-ring (bicyclic) bond motifs is 1. The Balaban J connectivity index is 2.11. The summed E-state index contributed by atoms with van der Waals surface area (Å²) in [4.78, 5) is 23.7. The molecule has 7 nitrogen and oxygen atoms in total. The van der Waals surface area contributed by atoms with Gasteiger partial charge in [-0.2, -0.15) is 0 Å². The highest BCUT2D eigenvalue weighted by atomic mass is 16.4. The van der Waals surface area contributed by atoms with E-state index in [1.165, 1.54) is 0 Å². The molecule has 0 aliphatic rings. The molecule has 0 bridgehead atoms. The number of nitrogens with zero attached hydrogens (tertiary/aromatic N) is 3. The van der Waals surface area contributed by atoms with Gasteiger partial charge in [0.05, 0.1) is 5.52 Å². The lowest BCUT2D eigenvalue weighted by molar-refractivity contribution is -0.139. The molecular formula is C16H22N4O3. The first-order valence-corrected chi connectivity index (χ1v) is 7.50. The first kappa shape index (κ1) is 16.9. The summed E-state index contributed by atoms with van der Waals surface area (Å²) in [5.41, 5.74) is 1.79. The Bertz CT molecular complexity index is 730. The number of carboxylic acids is 1. The first-order chi connectivity index (χ1) is 10.7.